The van der Waals surface area contributed by atoms with Gasteiger partial charge >= 0.3 is 0 Å². The van der Waals surface area contributed by atoms with Crippen molar-refractivity contribution in [3.63, 3.8) is 0 Å². The van der Waals surface area contributed by atoms with E-state index in [1.807, 2.05) is 42.5 Å². The largest absolute Gasteiger partial charge is 0.314 e. The summed E-state index contributed by atoms with van der Waals surface area (Å²) < 4.78 is 2.17. The van der Waals surface area contributed by atoms with Crippen LogP contribution in [0.2, 0.25) is 0 Å². The first-order valence-corrected chi connectivity index (χ1v) is 13.5. The summed E-state index contributed by atoms with van der Waals surface area (Å²) in [6.45, 7) is 2.78. The van der Waals surface area contributed by atoms with E-state index in [-0.39, 0.29) is 11.7 Å². The van der Waals surface area contributed by atoms with Crippen molar-refractivity contribution in [2.75, 3.05) is 5.75 Å². The molecule has 1 aromatic heterocycles. The summed E-state index contributed by atoms with van der Waals surface area (Å²) >= 11 is 1.42. The van der Waals surface area contributed by atoms with Gasteiger partial charge in [0.1, 0.15) is 0 Å². The lowest BCUT2D eigenvalue weighted by Gasteiger charge is -2.09. The first-order valence-electron chi connectivity index (χ1n) is 12.5. The summed E-state index contributed by atoms with van der Waals surface area (Å²) in [5.74, 6) is 0.0370. The van der Waals surface area contributed by atoms with E-state index in [2.05, 4.69) is 82.7 Å². The molecular weight excluding hydrogens is 488 g/mol. The van der Waals surface area contributed by atoms with Gasteiger partial charge in [0.25, 0.3) is 5.91 Å². The monoisotopic (exact) mass is 514 g/mol. The van der Waals surface area contributed by atoms with Crippen LogP contribution in [-0.4, -0.2) is 27.4 Å². The lowest BCUT2D eigenvalue weighted by Crippen LogP contribution is -2.20. The molecule has 0 atom stereocenters. The van der Waals surface area contributed by atoms with Crippen LogP contribution in [0.15, 0.2) is 113 Å². The number of hydrogen-bond donors (Lipinski definition) is 1. The number of rotatable bonds is 7. The van der Waals surface area contributed by atoms with Crippen LogP contribution in [0.1, 0.15) is 16.7 Å². The number of amides is 1. The number of benzene rings is 5. The zero-order valence-corrected chi connectivity index (χ0v) is 21.8. The Morgan fingerprint density at radius 2 is 1.55 bits per heavy atom. The molecule has 0 bridgehead atoms. The van der Waals surface area contributed by atoms with Gasteiger partial charge in [-0.05, 0) is 52.2 Å². The Bertz CT molecular complexity index is 1750. The number of hydrazone groups is 1. The van der Waals surface area contributed by atoms with Crippen LogP contribution in [0, 0.1) is 6.92 Å². The first kappa shape index (κ1) is 23.9. The highest BCUT2D eigenvalue weighted by Crippen LogP contribution is 2.28. The van der Waals surface area contributed by atoms with Gasteiger partial charge < -0.3 is 4.57 Å². The Labute approximate surface area is 225 Å². The number of para-hydroxylation sites is 2. The second-order valence-corrected chi connectivity index (χ2v) is 10.2. The molecule has 0 fully saturated rings. The number of carbonyl (C=O) groups is 1. The van der Waals surface area contributed by atoms with Crippen molar-refractivity contribution in [2.45, 2.75) is 18.6 Å². The van der Waals surface area contributed by atoms with Crippen molar-refractivity contribution >= 4 is 56.5 Å². The predicted molar refractivity (Wildman–Crippen MR) is 158 cm³/mol. The van der Waals surface area contributed by atoms with Gasteiger partial charge in [-0.1, -0.05) is 102 Å². The molecule has 1 N–H and O–H groups in total. The highest BCUT2D eigenvalue weighted by atomic mass is 32.2. The highest BCUT2D eigenvalue weighted by Gasteiger charge is 2.13. The topological polar surface area (TPSA) is 59.3 Å². The van der Waals surface area contributed by atoms with E-state index in [1.165, 1.54) is 22.9 Å². The van der Waals surface area contributed by atoms with E-state index in [4.69, 9.17) is 4.98 Å². The minimum atomic E-state index is -0.176. The molecule has 5 aromatic carbocycles. The third kappa shape index (κ3) is 4.91. The molecule has 0 radical (unpaired) electrons. The van der Waals surface area contributed by atoms with E-state index in [1.54, 1.807) is 6.21 Å². The second kappa shape index (κ2) is 10.5. The molecule has 6 heteroatoms. The quantitative estimate of drug-likeness (QED) is 0.109. The molecule has 0 aliphatic rings. The van der Waals surface area contributed by atoms with Crippen molar-refractivity contribution in [1.82, 2.24) is 15.0 Å². The summed E-state index contributed by atoms with van der Waals surface area (Å²) in [6.07, 6.45) is 1.75. The van der Waals surface area contributed by atoms with Gasteiger partial charge in [0, 0.05) is 5.56 Å². The average molecular weight is 515 g/mol. The lowest BCUT2D eigenvalue weighted by molar-refractivity contribution is -0.118. The fraction of sp³-hybridized carbons (Fsp3) is 0.0938. The minimum absolute atomic E-state index is 0.176. The van der Waals surface area contributed by atoms with Gasteiger partial charge in [-0.2, -0.15) is 5.10 Å². The maximum atomic E-state index is 12.8. The van der Waals surface area contributed by atoms with Crippen molar-refractivity contribution in [2.24, 2.45) is 5.10 Å². The van der Waals surface area contributed by atoms with E-state index >= 15 is 0 Å². The van der Waals surface area contributed by atoms with Crippen LogP contribution < -0.4 is 5.43 Å². The Morgan fingerprint density at radius 3 is 2.29 bits per heavy atom. The summed E-state index contributed by atoms with van der Waals surface area (Å²) in [7, 11) is 0. The zero-order chi connectivity index (χ0) is 25.9. The Balaban J connectivity index is 1.20. The number of nitrogens with zero attached hydrogens (tertiary/aromatic N) is 3. The zero-order valence-electron chi connectivity index (χ0n) is 21.0. The molecule has 186 valence electrons. The number of aryl methyl sites for hydroxylation is 1. The van der Waals surface area contributed by atoms with Gasteiger partial charge in [0.15, 0.2) is 5.16 Å². The van der Waals surface area contributed by atoms with Crippen LogP contribution >= 0.6 is 11.8 Å². The van der Waals surface area contributed by atoms with Gasteiger partial charge in [-0.25, -0.2) is 10.4 Å². The molecular formula is C32H26N4OS. The van der Waals surface area contributed by atoms with Crippen molar-refractivity contribution < 1.29 is 4.79 Å². The van der Waals surface area contributed by atoms with E-state index in [0.717, 1.165) is 43.3 Å². The number of imidazole rings is 1. The van der Waals surface area contributed by atoms with Crippen molar-refractivity contribution in [3.05, 3.63) is 120 Å². The van der Waals surface area contributed by atoms with Crippen LogP contribution in [0.25, 0.3) is 32.6 Å². The van der Waals surface area contributed by atoms with Gasteiger partial charge in [0.05, 0.1) is 29.5 Å². The molecule has 0 aliphatic carbocycles. The smallest absolute Gasteiger partial charge is 0.250 e. The van der Waals surface area contributed by atoms with Crippen molar-refractivity contribution in [1.29, 1.82) is 0 Å². The first-order chi connectivity index (χ1) is 18.7. The molecule has 38 heavy (non-hydrogen) atoms. The second-order valence-electron chi connectivity index (χ2n) is 9.27. The van der Waals surface area contributed by atoms with Crippen LogP contribution in [-0.2, 0) is 11.3 Å². The lowest BCUT2D eigenvalue weighted by atomic mass is 9.97. The molecule has 0 saturated heterocycles. The third-order valence-corrected chi connectivity index (χ3v) is 7.59. The minimum Gasteiger partial charge on any atom is -0.314 e. The van der Waals surface area contributed by atoms with Gasteiger partial charge in [-0.15, -0.1) is 0 Å². The molecule has 6 aromatic rings. The van der Waals surface area contributed by atoms with Gasteiger partial charge in [-0.3, -0.25) is 4.79 Å². The highest BCUT2D eigenvalue weighted by molar-refractivity contribution is 7.99. The third-order valence-electron chi connectivity index (χ3n) is 6.61. The Hall–Kier alpha value is -4.42. The van der Waals surface area contributed by atoms with Crippen molar-refractivity contribution in [3.8, 4) is 0 Å². The number of thioether (sulfide) groups is 1. The number of nitrogens with one attached hydrogen (secondary N) is 1. The molecule has 0 aliphatic heterocycles. The molecule has 1 heterocycles. The van der Waals surface area contributed by atoms with E-state index < -0.39 is 0 Å². The Kier molecular flexibility index (Phi) is 6.63. The fourth-order valence-corrected chi connectivity index (χ4v) is 5.52. The number of carbonyl (C=O) groups excluding carboxylic acids is 1. The van der Waals surface area contributed by atoms with Gasteiger partial charge in [0.2, 0.25) is 0 Å². The molecule has 0 spiro atoms. The molecule has 0 saturated carbocycles. The van der Waals surface area contributed by atoms with E-state index in [0.29, 0.717) is 6.54 Å². The number of hydrogen-bond acceptors (Lipinski definition) is 4. The molecule has 6 rings (SSSR count). The molecule has 1 amide bonds. The van der Waals surface area contributed by atoms with Crippen LogP contribution in [0.5, 0.6) is 0 Å². The molecule has 5 nitrogen and oxygen atoms in total. The fourth-order valence-electron chi connectivity index (χ4n) is 4.71. The average Bonchev–Trinajstić information content (AvgIpc) is 3.30. The summed E-state index contributed by atoms with van der Waals surface area (Å²) in [4.78, 5) is 17.6. The number of fused-ring (bicyclic) bond motifs is 3. The summed E-state index contributed by atoms with van der Waals surface area (Å²) in [6, 6.07) is 35.2. The Morgan fingerprint density at radius 1 is 0.895 bits per heavy atom. The van der Waals surface area contributed by atoms with E-state index in [9.17, 15) is 4.79 Å². The van der Waals surface area contributed by atoms with Crippen LogP contribution in [0.3, 0.4) is 0 Å². The molecule has 0 unspecified atom stereocenters. The predicted octanol–water partition coefficient (Wildman–Crippen LogP) is 6.94. The SMILES string of the molecule is Cc1ccc(Cn2c(SCC(=O)N/N=C\c3c4ccccc4cc4ccccc34)nc3ccccc32)cc1. The van der Waals surface area contributed by atoms with Crippen LogP contribution in [0.4, 0.5) is 0 Å². The maximum Gasteiger partial charge on any atom is 0.250 e. The normalized spacial score (nSPS) is 11.6. The number of aromatic nitrogens is 2. The summed E-state index contributed by atoms with van der Waals surface area (Å²) in [5, 5.41) is 9.62. The maximum absolute atomic E-state index is 12.8. The summed E-state index contributed by atoms with van der Waals surface area (Å²) in [5.41, 5.74) is 8.10. The standard InChI is InChI=1S/C32H26N4OS/c1-22-14-16-23(17-15-22)20-36-30-13-7-6-12-29(30)34-32(36)38-21-31(37)35-33-19-28-26-10-4-2-8-24(26)18-25-9-3-5-11-27(25)28/h2-19H,20-21H2,1H3,(H,35,37)/b33-19-.